The molecule has 1 saturated heterocycles. The molecular weight excluding hydrogens is 276 g/mol. The van der Waals surface area contributed by atoms with Crippen LogP contribution in [0.2, 0.25) is 0 Å². The Kier molecular flexibility index (Phi) is 3.88. The molecule has 6 nitrogen and oxygen atoms in total. The Bertz CT molecular complexity index is 609. The molecule has 0 aliphatic carbocycles. The molecule has 1 aliphatic heterocycles. The SMILES string of the molecule is CC(Sc1nnc2ccccn12)C(=O)N1CCOCC1. The van der Waals surface area contributed by atoms with Gasteiger partial charge in [-0.3, -0.25) is 9.20 Å². The minimum absolute atomic E-state index is 0.131. The molecule has 0 aromatic carbocycles. The van der Waals surface area contributed by atoms with E-state index in [0.717, 1.165) is 10.8 Å². The molecule has 0 N–H and O–H groups in total. The molecule has 1 fully saturated rings. The van der Waals surface area contributed by atoms with Gasteiger partial charge in [0.1, 0.15) is 0 Å². The molecule has 1 aliphatic rings. The van der Waals surface area contributed by atoms with Gasteiger partial charge in [-0.25, -0.2) is 0 Å². The fourth-order valence-electron chi connectivity index (χ4n) is 2.15. The van der Waals surface area contributed by atoms with Gasteiger partial charge < -0.3 is 9.64 Å². The van der Waals surface area contributed by atoms with Gasteiger partial charge in [-0.05, 0) is 19.1 Å². The molecular formula is C13H16N4O2S. The van der Waals surface area contributed by atoms with Gasteiger partial charge in [0.05, 0.1) is 18.5 Å². The Morgan fingerprint density at radius 1 is 1.35 bits per heavy atom. The van der Waals surface area contributed by atoms with E-state index in [4.69, 9.17) is 4.74 Å². The van der Waals surface area contributed by atoms with Crippen molar-refractivity contribution in [3.05, 3.63) is 24.4 Å². The van der Waals surface area contributed by atoms with Crippen LogP contribution < -0.4 is 0 Å². The van der Waals surface area contributed by atoms with Crippen LogP contribution in [0.4, 0.5) is 0 Å². The van der Waals surface area contributed by atoms with Gasteiger partial charge in [-0.15, -0.1) is 10.2 Å². The van der Waals surface area contributed by atoms with E-state index in [-0.39, 0.29) is 11.2 Å². The van der Waals surface area contributed by atoms with Gasteiger partial charge in [0.15, 0.2) is 10.8 Å². The van der Waals surface area contributed by atoms with E-state index in [1.807, 2.05) is 40.6 Å². The first-order valence-electron chi connectivity index (χ1n) is 6.58. The highest BCUT2D eigenvalue weighted by molar-refractivity contribution is 8.00. The van der Waals surface area contributed by atoms with Crippen LogP contribution in [-0.2, 0) is 9.53 Å². The Hall–Kier alpha value is -1.60. The molecule has 2 aromatic heterocycles. The van der Waals surface area contributed by atoms with Crippen molar-refractivity contribution in [3.63, 3.8) is 0 Å². The van der Waals surface area contributed by atoms with Gasteiger partial charge in [-0.2, -0.15) is 0 Å². The number of hydrogen-bond acceptors (Lipinski definition) is 5. The predicted molar refractivity (Wildman–Crippen MR) is 75.7 cm³/mol. The van der Waals surface area contributed by atoms with Gasteiger partial charge in [0.2, 0.25) is 5.91 Å². The third-order valence-electron chi connectivity index (χ3n) is 3.24. The van der Waals surface area contributed by atoms with E-state index in [1.54, 1.807) is 0 Å². The highest BCUT2D eigenvalue weighted by atomic mass is 32.2. The summed E-state index contributed by atoms with van der Waals surface area (Å²) in [6.07, 6.45) is 1.91. The molecule has 7 heteroatoms. The Balaban J connectivity index is 1.71. The number of fused-ring (bicyclic) bond motifs is 1. The minimum Gasteiger partial charge on any atom is -0.378 e. The lowest BCUT2D eigenvalue weighted by Crippen LogP contribution is -2.44. The molecule has 106 valence electrons. The summed E-state index contributed by atoms with van der Waals surface area (Å²) in [7, 11) is 0. The van der Waals surface area contributed by atoms with Crippen LogP contribution in [0.3, 0.4) is 0 Å². The molecule has 3 rings (SSSR count). The molecule has 20 heavy (non-hydrogen) atoms. The highest BCUT2D eigenvalue weighted by Crippen LogP contribution is 2.23. The molecule has 0 saturated carbocycles. The van der Waals surface area contributed by atoms with Crippen molar-refractivity contribution in [3.8, 4) is 0 Å². The summed E-state index contributed by atoms with van der Waals surface area (Å²) in [6, 6.07) is 5.74. The van der Waals surface area contributed by atoms with Crippen molar-refractivity contribution in [1.82, 2.24) is 19.5 Å². The maximum absolute atomic E-state index is 12.4. The number of hydrogen-bond donors (Lipinski definition) is 0. The van der Waals surface area contributed by atoms with Crippen LogP contribution in [0.15, 0.2) is 29.6 Å². The van der Waals surface area contributed by atoms with E-state index in [0.29, 0.717) is 26.3 Å². The zero-order chi connectivity index (χ0) is 13.9. The Morgan fingerprint density at radius 2 is 2.15 bits per heavy atom. The normalized spacial score (nSPS) is 17.4. The smallest absolute Gasteiger partial charge is 0.236 e. The fourth-order valence-corrected chi connectivity index (χ4v) is 3.07. The van der Waals surface area contributed by atoms with E-state index in [1.165, 1.54) is 11.8 Å². The van der Waals surface area contributed by atoms with Crippen molar-refractivity contribution < 1.29 is 9.53 Å². The minimum atomic E-state index is -0.180. The topological polar surface area (TPSA) is 59.7 Å². The predicted octanol–water partition coefficient (Wildman–Crippen LogP) is 1.07. The van der Waals surface area contributed by atoms with Crippen LogP contribution >= 0.6 is 11.8 Å². The van der Waals surface area contributed by atoms with E-state index < -0.39 is 0 Å². The number of amides is 1. The molecule has 2 aromatic rings. The Labute approximate surface area is 121 Å². The summed E-state index contributed by atoms with van der Waals surface area (Å²) in [6.45, 7) is 4.50. The molecule has 1 unspecified atom stereocenters. The maximum atomic E-state index is 12.4. The summed E-state index contributed by atoms with van der Waals surface area (Å²) in [5.41, 5.74) is 0.793. The highest BCUT2D eigenvalue weighted by Gasteiger charge is 2.24. The second-order valence-electron chi connectivity index (χ2n) is 4.61. The lowest BCUT2D eigenvalue weighted by Gasteiger charge is -2.28. The number of nitrogens with zero attached hydrogens (tertiary/aromatic N) is 4. The largest absolute Gasteiger partial charge is 0.378 e. The first-order valence-corrected chi connectivity index (χ1v) is 7.46. The first kappa shape index (κ1) is 13.4. The summed E-state index contributed by atoms with van der Waals surface area (Å²) < 4.78 is 7.16. The van der Waals surface area contributed by atoms with E-state index >= 15 is 0 Å². The van der Waals surface area contributed by atoms with Crippen molar-refractivity contribution >= 4 is 23.3 Å². The van der Waals surface area contributed by atoms with E-state index in [9.17, 15) is 4.79 Å². The number of carbonyl (C=O) groups is 1. The number of rotatable bonds is 3. The zero-order valence-corrected chi connectivity index (χ0v) is 12.0. The summed E-state index contributed by atoms with van der Waals surface area (Å²) in [4.78, 5) is 14.2. The molecule has 0 radical (unpaired) electrons. The fraction of sp³-hybridized carbons (Fsp3) is 0.462. The molecule has 3 heterocycles. The quantitative estimate of drug-likeness (QED) is 0.792. The van der Waals surface area contributed by atoms with Gasteiger partial charge in [-0.1, -0.05) is 17.8 Å². The van der Waals surface area contributed by atoms with Crippen LogP contribution in [-0.4, -0.2) is 57.0 Å². The molecule has 1 amide bonds. The van der Waals surface area contributed by atoms with Crippen molar-refractivity contribution in [2.75, 3.05) is 26.3 Å². The summed E-state index contributed by atoms with van der Waals surface area (Å²) >= 11 is 1.44. The third-order valence-corrected chi connectivity index (χ3v) is 4.28. The van der Waals surface area contributed by atoms with Crippen molar-refractivity contribution in [1.29, 1.82) is 0 Å². The lowest BCUT2D eigenvalue weighted by atomic mass is 10.3. The van der Waals surface area contributed by atoms with Gasteiger partial charge in [0, 0.05) is 19.3 Å². The third kappa shape index (κ3) is 2.64. The monoisotopic (exact) mass is 292 g/mol. The number of carbonyl (C=O) groups excluding carboxylic acids is 1. The number of pyridine rings is 1. The first-order chi connectivity index (χ1) is 9.75. The molecule has 0 spiro atoms. The van der Waals surface area contributed by atoms with Crippen molar-refractivity contribution in [2.24, 2.45) is 0 Å². The van der Waals surface area contributed by atoms with Gasteiger partial charge >= 0.3 is 0 Å². The summed E-state index contributed by atoms with van der Waals surface area (Å²) in [5, 5.41) is 8.80. The average molecular weight is 292 g/mol. The second kappa shape index (κ2) is 5.80. The van der Waals surface area contributed by atoms with Crippen LogP contribution in [0.5, 0.6) is 0 Å². The van der Waals surface area contributed by atoms with Gasteiger partial charge in [0.25, 0.3) is 0 Å². The zero-order valence-electron chi connectivity index (χ0n) is 11.2. The number of ether oxygens (including phenoxy) is 1. The number of morpholine rings is 1. The van der Waals surface area contributed by atoms with E-state index in [2.05, 4.69) is 10.2 Å². The van der Waals surface area contributed by atoms with Crippen LogP contribution in [0, 0.1) is 0 Å². The lowest BCUT2D eigenvalue weighted by molar-refractivity contribution is -0.134. The number of thioether (sulfide) groups is 1. The second-order valence-corrected chi connectivity index (χ2v) is 5.92. The maximum Gasteiger partial charge on any atom is 0.236 e. The summed E-state index contributed by atoms with van der Waals surface area (Å²) in [5.74, 6) is 0.131. The molecule has 0 bridgehead atoms. The van der Waals surface area contributed by atoms with Crippen LogP contribution in [0.25, 0.3) is 5.65 Å². The average Bonchev–Trinajstić information content (AvgIpc) is 2.91. The van der Waals surface area contributed by atoms with Crippen molar-refractivity contribution in [2.45, 2.75) is 17.3 Å². The Morgan fingerprint density at radius 3 is 2.95 bits per heavy atom. The van der Waals surface area contributed by atoms with Crippen LogP contribution in [0.1, 0.15) is 6.92 Å². The molecule has 1 atom stereocenters. The standard InChI is InChI=1S/C13H16N4O2S/c1-10(12(18)16-6-8-19-9-7-16)20-13-15-14-11-4-2-3-5-17(11)13/h2-5,10H,6-9H2,1H3. The number of aromatic nitrogens is 3.